The number of ether oxygens (including phenoxy) is 12. The fourth-order valence-corrected chi connectivity index (χ4v) is 4.64. The highest BCUT2D eigenvalue weighted by Crippen LogP contribution is 2.53. The number of halogens is 42. The number of alkyl halides is 42. The van der Waals surface area contributed by atoms with Crippen LogP contribution in [-0.2, 0) is 56.8 Å². The molecule has 0 aliphatic carbocycles. The first kappa shape index (κ1) is 115. The summed E-state index contributed by atoms with van der Waals surface area (Å²) in [6.45, 7) is 6.65. The summed E-state index contributed by atoms with van der Waals surface area (Å²) in [5.41, 5.74) is -3.50. The van der Waals surface area contributed by atoms with Crippen LogP contribution in [0.5, 0.6) is 0 Å². The second-order valence-electron chi connectivity index (χ2n) is 26.6. The molecule has 0 rings (SSSR count). The van der Waals surface area contributed by atoms with E-state index in [-0.39, 0.29) is 14.4 Å². The number of hydrogen-bond acceptors (Lipinski definition) is 14. The third-order valence-corrected chi connectivity index (χ3v) is 9.31. The topological polar surface area (TPSA) is 149 Å². The lowest BCUT2D eigenvalue weighted by atomic mass is 9.85. The van der Waals surface area contributed by atoms with Crippen molar-refractivity contribution in [2.75, 3.05) is 39.6 Å². The molecule has 0 bridgehead atoms. The second kappa shape index (κ2) is 37.0. The Balaban J connectivity index is -0.000000309. The zero-order valence-corrected chi connectivity index (χ0v) is 58.1. The van der Waals surface area contributed by atoms with E-state index in [0.29, 0.717) is 27.7 Å². The molecule has 56 heteroatoms. The van der Waals surface area contributed by atoms with Gasteiger partial charge in [-0.25, -0.2) is 41.2 Å². The molecule has 0 heterocycles. The molecule has 0 saturated heterocycles. The minimum atomic E-state index is -7.21. The van der Waals surface area contributed by atoms with E-state index in [0.717, 1.165) is 41.5 Å². The van der Waals surface area contributed by atoms with Gasteiger partial charge in [0.15, 0.2) is 0 Å². The summed E-state index contributed by atoms with van der Waals surface area (Å²) in [7, 11) is 0. The maximum atomic E-state index is 13.2. The molecule has 0 aromatic carbocycles. The molecule has 0 aromatic heterocycles. The molecule has 108 heavy (non-hydrogen) atoms. The Hall–Kier alpha value is -3.50. The minimum absolute atomic E-state index is 0. The van der Waals surface area contributed by atoms with Crippen molar-refractivity contribution in [3.8, 4) is 0 Å². The van der Waals surface area contributed by atoms with E-state index in [1.807, 2.05) is 14.2 Å². The Morgan fingerprint density at radius 3 is 0.657 bits per heavy atom. The molecule has 0 atom stereocenters. The Labute approximate surface area is 586 Å². The maximum absolute atomic E-state index is 13.2. The van der Waals surface area contributed by atoms with Gasteiger partial charge < -0.3 is 38.5 Å². The van der Waals surface area contributed by atoms with E-state index in [2.05, 4.69) is 44.2 Å². The smallest absolute Gasteiger partial charge is 0.367 e. The van der Waals surface area contributed by atoms with Gasteiger partial charge in [-0.3, -0.25) is 5.73 Å². The molecule has 0 radical (unpaired) electrons. The van der Waals surface area contributed by atoms with Gasteiger partial charge >= 0.3 is 122 Å². The van der Waals surface area contributed by atoms with E-state index in [1.165, 1.54) is 20.8 Å². The molecule has 0 spiro atoms. The van der Waals surface area contributed by atoms with Crippen LogP contribution in [0.3, 0.4) is 0 Å². The zero-order valence-electron chi connectivity index (χ0n) is 58.1. The molecule has 0 aliphatic rings. The van der Waals surface area contributed by atoms with Crippen molar-refractivity contribution >= 4 is 0 Å². The Morgan fingerprint density at radius 1 is 0.241 bits per heavy atom. The van der Waals surface area contributed by atoms with Crippen LogP contribution in [0.25, 0.3) is 0 Å². The van der Waals surface area contributed by atoms with E-state index in [9.17, 15) is 184 Å². The van der Waals surface area contributed by atoms with Gasteiger partial charge in [0, 0.05) is 38.6 Å². The van der Waals surface area contributed by atoms with Crippen LogP contribution >= 0.6 is 0 Å². The van der Waals surface area contributed by atoms with E-state index in [1.54, 1.807) is 25.5 Å². The lowest BCUT2D eigenvalue weighted by molar-refractivity contribution is -0.572. The lowest BCUT2D eigenvalue weighted by Gasteiger charge is -2.36. The highest BCUT2D eigenvalue weighted by atomic mass is 19.4. The predicted octanol–water partition coefficient (Wildman–Crippen LogP) is 21.3. The van der Waals surface area contributed by atoms with Crippen molar-refractivity contribution in [2.45, 2.75) is 289 Å². The standard InChI is InChI=1S/C12H12F14O4.C11H12F12O3.C11H18F6O3.C10H18F6N2O2.C7H12F4.CH4/c1-5(2,3)27-7(15,16)9(19,20)29-11(23,24)12(25,26)30-10(21,22)8(17,18)28-6(4,13)14;1-5(2,3)24-8(16,17)9(18,19)26-11(22,23)10(20,21)25-7(14,15)6(4,12)13;1-8(2,3)18-6-10(14,15)20-7-11(16,17)19-5-9(4,12)13;1-7(2,3)18-4-9(13,14)20-6-10(15,16)19-5-8(11,12)17;1-5(2,3)7(10,11)6(4,8)9;/h1-4H3;1-4H3;5-7H2,1-4H3;18H,4-6,17H2,1-3H3;1-4H3;1H4. The summed E-state index contributed by atoms with van der Waals surface area (Å²) in [6.07, 6.45) is -94.9. The molecule has 0 saturated carbocycles. The van der Waals surface area contributed by atoms with Crippen molar-refractivity contribution < 1.29 is 241 Å². The maximum Gasteiger partial charge on any atom is 0.453 e. The van der Waals surface area contributed by atoms with Gasteiger partial charge in [0.05, 0.1) is 23.3 Å². The van der Waals surface area contributed by atoms with Crippen molar-refractivity contribution in [3.05, 3.63) is 0 Å². The number of nitrogens with one attached hydrogen (secondary N) is 1. The van der Waals surface area contributed by atoms with E-state index < -0.39 is 209 Å². The summed E-state index contributed by atoms with van der Waals surface area (Å²) in [6, 6.07) is -3.99. The molecular weight excluding hydrogens is 1640 g/mol. The molecule has 660 valence electrons. The largest absolute Gasteiger partial charge is 0.453 e. The van der Waals surface area contributed by atoms with Crippen LogP contribution in [0.1, 0.15) is 139 Å². The molecule has 14 nitrogen and oxygen atoms in total. The average molecular weight is 1720 g/mol. The Morgan fingerprint density at radius 2 is 0.463 bits per heavy atom. The van der Waals surface area contributed by atoms with Gasteiger partial charge in [-0.1, -0.05) is 28.2 Å². The van der Waals surface area contributed by atoms with Crippen LogP contribution < -0.4 is 11.1 Å². The molecule has 0 unspecified atom stereocenters. The van der Waals surface area contributed by atoms with E-state index in [4.69, 9.17) is 4.74 Å². The zero-order chi connectivity index (χ0) is 88.4. The second-order valence-corrected chi connectivity index (χ2v) is 26.6. The Bertz CT molecular complexity index is 2420. The summed E-state index contributed by atoms with van der Waals surface area (Å²) >= 11 is 0. The first-order chi connectivity index (χ1) is 45.2. The Kier molecular flexibility index (Phi) is 39.5. The SMILES string of the molecule is C.CC(C)(C)C(F)(F)C(C)(F)F.CC(C)(C)NCC(F)(F)OCC(F)(F)OCC(N)(F)F.CC(C)(C)OC(F)(F)C(F)(F)OC(F)(F)C(F)(F)OC(F)(F)C(C)(F)F.CC(C)(C)OC(F)(F)C(F)(F)OC(F)(F)C(F)(F)OC(F)(F)C(F)(F)OC(C)(F)F.CC(F)(F)COC(F)(F)COC(F)(F)COC(C)(C)C. The third-order valence-electron chi connectivity index (χ3n) is 9.31. The molecule has 0 aromatic rings. The predicted molar refractivity (Wildman–Crippen MR) is 281 cm³/mol. The molecule has 0 aliphatic heterocycles. The first-order valence-corrected chi connectivity index (χ1v) is 27.8. The fourth-order valence-electron chi connectivity index (χ4n) is 4.64. The van der Waals surface area contributed by atoms with Crippen molar-refractivity contribution in [1.82, 2.24) is 5.32 Å². The van der Waals surface area contributed by atoms with Crippen LogP contribution in [-0.4, -0.2) is 189 Å². The van der Waals surface area contributed by atoms with Crippen LogP contribution in [0.4, 0.5) is 184 Å². The quantitative estimate of drug-likeness (QED) is 0.0458. The summed E-state index contributed by atoms with van der Waals surface area (Å²) in [5.74, 6) is -16.9. The van der Waals surface area contributed by atoms with Crippen molar-refractivity contribution in [2.24, 2.45) is 11.1 Å². The normalized spacial score (nSPS) is 15.4. The van der Waals surface area contributed by atoms with Crippen molar-refractivity contribution in [3.63, 3.8) is 0 Å². The van der Waals surface area contributed by atoms with Crippen LogP contribution in [0, 0.1) is 5.41 Å². The fraction of sp³-hybridized carbons (Fsp3) is 1.00. The van der Waals surface area contributed by atoms with Crippen LogP contribution in [0.15, 0.2) is 0 Å². The minimum Gasteiger partial charge on any atom is -0.367 e. The van der Waals surface area contributed by atoms with Gasteiger partial charge in [-0.15, -0.1) is 0 Å². The monoisotopic (exact) mass is 1720 g/mol. The highest BCUT2D eigenvalue weighted by molar-refractivity contribution is 4.91. The summed E-state index contributed by atoms with van der Waals surface area (Å²) < 4.78 is 574. The van der Waals surface area contributed by atoms with Crippen LogP contribution in [0.2, 0.25) is 0 Å². The molecular formula is C52H76F42N2O12. The van der Waals surface area contributed by atoms with Gasteiger partial charge in [0.1, 0.15) is 33.0 Å². The lowest BCUT2D eigenvalue weighted by Crippen LogP contribution is -2.59. The summed E-state index contributed by atoms with van der Waals surface area (Å²) in [4.78, 5) is 0. The van der Waals surface area contributed by atoms with Crippen molar-refractivity contribution in [1.29, 1.82) is 0 Å². The number of hydrogen-bond donors (Lipinski definition) is 2. The molecule has 0 fully saturated rings. The van der Waals surface area contributed by atoms with Gasteiger partial charge in [-0.2, -0.15) is 167 Å². The molecule has 0 amide bonds. The van der Waals surface area contributed by atoms with E-state index >= 15 is 0 Å². The number of rotatable bonds is 35. The highest BCUT2D eigenvalue weighted by Gasteiger charge is 2.78. The molecule has 3 N–H and O–H groups in total. The number of nitrogens with two attached hydrogens (primary N) is 1. The third kappa shape index (κ3) is 45.4. The average Bonchev–Trinajstić information content (AvgIpc) is 0.762. The van der Waals surface area contributed by atoms with Gasteiger partial charge in [0.2, 0.25) is 0 Å². The summed E-state index contributed by atoms with van der Waals surface area (Å²) in [5, 5.41) is 2.35. The van der Waals surface area contributed by atoms with Gasteiger partial charge in [0.25, 0.3) is 5.92 Å². The van der Waals surface area contributed by atoms with Gasteiger partial charge in [-0.05, 0) is 83.1 Å². The first-order valence-electron chi connectivity index (χ1n) is 27.8.